The number of amides is 1. The van der Waals surface area contributed by atoms with Crippen molar-refractivity contribution >= 4 is 18.2 Å². The van der Waals surface area contributed by atoms with Gasteiger partial charge in [0, 0.05) is 11.1 Å². The molecular weight excluding hydrogens is 385 g/mol. The molecular formula is C13H16FN7O7. The first-order valence-corrected chi connectivity index (χ1v) is 7.68. The number of rotatable bonds is 9. The average molecular weight is 401 g/mol. The monoisotopic (exact) mass is 401 g/mol. The van der Waals surface area contributed by atoms with E-state index in [1.165, 1.54) is 6.07 Å². The zero-order valence-corrected chi connectivity index (χ0v) is 14.1. The summed E-state index contributed by atoms with van der Waals surface area (Å²) in [5.74, 6) is -0.925. The topological polar surface area (TPSA) is 215 Å². The van der Waals surface area contributed by atoms with Crippen LogP contribution >= 0.6 is 0 Å². The van der Waals surface area contributed by atoms with E-state index in [1.807, 2.05) is 0 Å². The molecule has 1 fully saturated rings. The summed E-state index contributed by atoms with van der Waals surface area (Å²) in [5, 5.41) is 24.8. The second-order valence-electron chi connectivity index (χ2n) is 5.63. The van der Waals surface area contributed by atoms with E-state index in [9.17, 15) is 29.0 Å². The molecule has 1 aromatic heterocycles. The molecule has 15 heteroatoms. The van der Waals surface area contributed by atoms with E-state index in [1.54, 1.807) is 0 Å². The number of aromatic nitrogens is 2. The fourth-order valence-corrected chi connectivity index (χ4v) is 2.51. The van der Waals surface area contributed by atoms with Crippen molar-refractivity contribution in [1.29, 1.82) is 0 Å². The molecule has 2 heterocycles. The first-order chi connectivity index (χ1) is 13.3. The number of azide groups is 1. The Balaban J connectivity index is 2.27. The van der Waals surface area contributed by atoms with Crippen molar-refractivity contribution in [3.63, 3.8) is 0 Å². The number of nitrogens with two attached hydrogens (primary N) is 1. The van der Waals surface area contributed by atoms with Crippen LogP contribution in [0, 0.1) is 0 Å². The van der Waals surface area contributed by atoms with Gasteiger partial charge in [0.25, 0.3) is 6.47 Å². The maximum Gasteiger partial charge on any atom is 0.351 e. The van der Waals surface area contributed by atoms with Crippen LogP contribution in [0.5, 0.6) is 0 Å². The first-order valence-electron chi connectivity index (χ1n) is 7.68. The van der Waals surface area contributed by atoms with Crippen molar-refractivity contribution in [2.75, 3.05) is 11.9 Å². The Kier molecular flexibility index (Phi) is 6.48. The summed E-state index contributed by atoms with van der Waals surface area (Å²) in [5.41, 5.74) is 10.2. The summed E-state index contributed by atoms with van der Waals surface area (Å²) in [6, 6.07) is 1.17. The number of carbonyl (C=O) groups is 2. The van der Waals surface area contributed by atoms with E-state index < -0.39 is 55.1 Å². The molecule has 5 atom stereocenters. The number of ether oxygens (including phenoxy) is 2. The molecule has 14 nitrogen and oxygen atoms in total. The molecule has 2 unspecified atom stereocenters. The molecule has 1 amide bonds. The molecule has 0 aliphatic carbocycles. The lowest BCUT2D eigenvalue weighted by molar-refractivity contribution is -0.134. The van der Waals surface area contributed by atoms with Crippen LogP contribution in [0.1, 0.15) is 12.6 Å². The van der Waals surface area contributed by atoms with Gasteiger partial charge in [0.15, 0.2) is 18.6 Å². The van der Waals surface area contributed by atoms with Crippen molar-refractivity contribution in [2.45, 2.75) is 36.9 Å². The highest BCUT2D eigenvalue weighted by Crippen LogP contribution is 2.39. The summed E-state index contributed by atoms with van der Waals surface area (Å²) in [4.78, 5) is 39.6. The Morgan fingerprint density at radius 1 is 1.71 bits per heavy atom. The Bertz CT molecular complexity index is 845. The SMILES string of the molecule is [N-]=[N+]=N[C@]1(CO)OC(n2ccc(N[C@@H](CC(N)=O)OC=O)nc2=O)[C@@H](F)C1O. The Morgan fingerprint density at radius 2 is 2.43 bits per heavy atom. The molecule has 152 valence electrons. The number of aliphatic hydroxyl groups excluding tert-OH is 2. The third kappa shape index (κ3) is 4.17. The number of hydrogen-bond donors (Lipinski definition) is 4. The minimum Gasteiger partial charge on any atom is -0.443 e. The van der Waals surface area contributed by atoms with Crippen LogP contribution in [0.2, 0.25) is 0 Å². The quantitative estimate of drug-likeness (QED) is 0.121. The molecule has 1 saturated heterocycles. The van der Waals surface area contributed by atoms with E-state index in [0.717, 1.165) is 6.20 Å². The minimum atomic E-state index is -2.31. The van der Waals surface area contributed by atoms with Crippen LogP contribution in [0.15, 0.2) is 22.2 Å². The highest BCUT2D eigenvalue weighted by atomic mass is 19.1. The summed E-state index contributed by atoms with van der Waals surface area (Å²) >= 11 is 0. The smallest absolute Gasteiger partial charge is 0.351 e. The number of hydrogen-bond acceptors (Lipinski definition) is 10. The highest BCUT2D eigenvalue weighted by Gasteiger charge is 2.56. The van der Waals surface area contributed by atoms with Gasteiger partial charge in [0.2, 0.25) is 11.6 Å². The molecule has 0 spiro atoms. The lowest BCUT2D eigenvalue weighted by Crippen LogP contribution is -2.43. The predicted molar refractivity (Wildman–Crippen MR) is 86.9 cm³/mol. The van der Waals surface area contributed by atoms with Crippen LogP contribution in [-0.4, -0.2) is 63.0 Å². The molecule has 0 bridgehead atoms. The van der Waals surface area contributed by atoms with E-state index in [4.69, 9.17) is 16.0 Å². The molecule has 1 aliphatic heterocycles. The van der Waals surface area contributed by atoms with E-state index >= 15 is 0 Å². The van der Waals surface area contributed by atoms with Gasteiger partial charge < -0.3 is 30.7 Å². The third-order valence-corrected chi connectivity index (χ3v) is 3.82. The number of nitrogens with zero attached hydrogens (tertiary/aromatic N) is 5. The van der Waals surface area contributed by atoms with Gasteiger partial charge >= 0.3 is 5.69 Å². The molecule has 0 saturated carbocycles. The number of aliphatic hydroxyl groups is 2. The molecule has 0 aromatic carbocycles. The number of anilines is 1. The minimum absolute atomic E-state index is 0.0630. The molecule has 28 heavy (non-hydrogen) atoms. The van der Waals surface area contributed by atoms with E-state index in [2.05, 4.69) is 25.1 Å². The number of carbonyl (C=O) groups excluding carboxylic acids is 2. The lowest BCUT2D eigenvalue weighted by atomic mass is 10.1. The van der Waals surface area contributed by atoms with Gasteiger partial charge in [-0.1, -0.05) is 5.11 Å². The third-order valence-electron chi connectivity index (χ3n) is 3.82. The van der Waals surface area contributed by atoms with E-state index in [0.29, 0.717) is 4.57 Å². The molecule has 2 rings (SSSR count). The van der Waals surface area contributed by atoms with Gasteiger partial charge in [-0.25, -0.2) is 9.18 Å². The summed E-state index contributed by atoms with van der Waals surface area (Å²) in [6.07, 6.45) is -6.56. The van der Waals surface area contributed by atoms with Crippen LogP contribution in [-0.2, 0) is 19.1 Å². The Labute approximate surface area is 155 Å². The highest BCUT2D eigenvalue weighted by molar-refractivity contribution is 5.74. The van der Waals surface area contributed by atoms with Gasteiger partial charge in [-0.3, -0.25) is 14.2 Å². The standard InChI is InChI=1S/C13H16FN7O7/c14-9-10(25)13(4-22,19-20-16)28-11(9)21-2-1-7(18-12(21)26)17-8(27-5-23)3-6(15)24/h1-2,5,8-11,22,25H,3-4H2,(H2,15,24)(H,17,18,26)/t8-,9+,10?,11?,13-/m1/s1. The van der Waals surface area contributed by atoms with Crippen molar-refractivity contribution in [3.8, 4) is 0 Å². The van der Waals surface area contributed by atoms with Crippen LogP contribution in [0.25, 0.3) is 10.4 Å². The maximum absolute atomic E-state index is 14.4. The Hall–Kier alpha value is -3.26. The lowest BCUT2D eigenvalue weighted by Gasteiger charge is -2.23. The van der Waals surface area contributed by atoms with Gasteiger partial charge in [0.1, 0.15) is 11.9 Å². The number of primary amides is 1. The van der Waals surface area contributed by atoms with Gasteiger partial charge in [-0.15, -0.1) is 0 Å². The molecule has 0 radical (unpaired) electrons. The Morgan fingerprint density at radius 3 is 2.96 bits per heavy atom. The zero-order valence-electron chi connectivity index (χ0n) is 14.1. The van der Waals surface area contributed by atoms with Gasteiger partial charge in [-0.2, -0.15) is 4.98 Å². The summed E-state index contributed by atoms with van der Waals surface area (Å²) < 4.78 is 24.8. The second-order valence-corrected chi connectivity index (χ2v) is 5.63. The number of nitrogens with one attached hydrogen (secondary N) is 1. The maximum atomic E-state index is 14.4. The van der Waals surface area contributed by atoms with Crippen LogP contribution in [0.3, 0.4) is 0 Å². The van der Waals surface area contributed by atoms with Crippen molar-refractivity contribution in [3.05, 3.63) is 33.2 Å². The van der Waals surface area contributed by atoms with Crippen molar-refractivity contribution in [2.24, 2.45) is 10.8 Å². The van der Waals surface area contributed by atoms with E-state index in [-0.39, 0.29) is 12.3 Å². The predicted octanol–water partition coefficient (Wildman–Crippen LogP) is -1.74. The van der Waals surface area contributed by atoms with Crippen LogP contribution < -0.4 is 16.7 Å². The zero-order chi connectivity index (χ0) is 20.9. The fourth-order valence-electron chi connectivity index (χ4n) is 2.51. The molecule has 1 aliphatic rings. The average Bonchev–Trinajstić information content (AvgIpc) is 2.87. The van der Waals surface area contributed by atoms with Gasteiger partial charge in [-0.05, 0) is 11.6 Å². The fraction of sp³-hybridized carbons (Fsp3) is 0.538. The number of halogens is 1. The second kappa shape index (κ2) is 8.62. The van der Waals surface area contributed by atoms with Crippen molar-refractivity contribution in [1.82, 2.24) is 9.55 Å². The number of alkyl halides is 1. The first kappa shape index (κ1) is 21.0. The van der Waals surface area contributed by atoms with Crippen molar-refractivity contribution < 1.29 is 33.7 Å². The normalized spacial score (nSPS) is 27.5. The summed E-state index contributed by atoms with van der Waals surface area (Å²) in [6.45, 7) is -0.970. The largest absolute Gasteiger partial charge is 0.443 e. The molecule has 5 N–H and O–H groups in total. The van der Waals surface area contributed by atoms with Gasteiger partial charge in [0.05, 0.1) is 13.0 Å². The van der Waals surface area contributed by atoms with Crippen LogP contribution in [0.4, 0.5) is 10.2 Å². The summed E-state index contributed by atoms with van der Waals surface area (Å²) in [7, 11) is 0. The molecule has 1 aromatic rings.